The summed E-state index contributed by atoms with van der Waals surface area (Å²) in [6.07, 6.45) is -4.64. The summed E-state index contributed by atoms with van der Waals surface area (Å²) in [6, 6.07) is 14.3. The molecule has 33 heavy (non-hydrogen) atoms. The molecule has 3 aromatic rings. The molecule has 0 atom stereocenters. The number of anilines is 2. The largest absolute Gasteiger partial charge is 0.416 e. The summed E-state index contributed by atoms with van der Waals surface area (Å²) in [5.41, 5.74) is 1.25. The molecule has 2 amide bonds. The molecule has 4 rings (SSSR count). The maximum Gasteiger partial charge on any atom is 0.416 e. The van der Waals surface area contributed by atoms with Gasteiger partial charge in [0.1, 0.15) is 11.5 Å². The van der Waals surface area contributed by atoms with Crippen LogP contribution < -0.4 is 10.2 Å². The van der Waals surface area contributed by atoms with Crippen LogP contribution in [0.2, 0.25) is 0 Å². The van der Waals surface area contributed by atoms with Crippen molar-refractivity contribution in [3.63, 3.8) is 0 Å². The molecule has 0 fully saturated rings. The molecule has 0 saturated carbocycles. The van der Waals surface area contributed by atoms with E-state index in [0.717, 1.165) is 41.5 Å². The lowest BCUT2D eigenvalue weighted by Gasteiger charge is -2.17. The van der Waals surface area contributed by atoms with Crippen LogP contribution in [0, 0.1) is 19.7 Å². The first-order valence-electron chi connectivity index (χ1n) is 9.97. The number of carbonyl (C=O) groups is 2. The minimum Gasteiger partial charge on any atom is -0.350 e. The lowest BCUT2D eigenvalue weighted by atomic mass is 10.0. The van der Waals surface area contributed by atoms with Crippen molar-refractivity contribution in [2.24, 2.45) is 0 Å². The van der Waals surface area contributed by atoms with Crippen LogP contribution in [0.1, 0.15) is 22.3 Å². The predicted molar refractivity (Wildman–Crippen MR) is 117 cm³/mol. The van der Waals surface area contributed by atoms with Crippen molar-refractivity contribution in [1.29, 1.82) is 0 Å². The number of nitrogens with one attached hydrogen (secondary N) is 1. The fourth-order valence-electron chi connectivity index (χ4n) is 3.61. The first-order valence-corrected chi connectivity index (χ1v) is 9.97. The summed E-state index contributed by atoms with van der Waals surface area (Å²) in [5.74, 6) is -2.15. The highest BCUT2D eigenvalue weighted by Crippen LogP contribution is 2.37. The van der Waals surface area contributed by atoms with Crippen LogP contribution in [0.5, 0.6) is 0 Å². The van der Waals surface area contributed by atoms with Crippen molar-refractivity contribution in [2.45, 2.75) is 20.0 Å². The molecule has 8 heteroatoms. The summed E-state index contributed by atoms with van der Waals surface area (Å²) in [4.78, 5) is 27.4. The number of imide groups is 1. The van der Waals surface area contributed by atoms with Gasteiger partial charge in [-0.05, 0) is 66.9 Å². The van der Waals surface area contributed by atoms with E-state index in [1.54, 1.807) is 12.1 Å². The van der Waals surface area contributed by atoms with E-state index in [4.69, 9.17) is 0 Å². The number of alkyl halides is 3. The molecule has 0 spiro atoms. The zero-order valence-corrected chi connectivity index (χ0v) is 17.6. The van der Waals surface area contributed by atoms with Crippen LogP contribution in [0.4, 0.5) is 28.9 Å². The molecular weight excluding hydrogens is 436 g/mol. The third-order valence-electron chi connectivity index (χ3n) is 5.51. The molecule has 0 bridgehead atoms. The average molecular weight is 454 g/mol. The van der Waals surface area contributed by atoms with Crippen LogP contribution in [0.3, 0.4) is 0 Å². The van der Waals surface area contributed by atoms with Crippen molar-refractivity contribution in [1.82, 2.24) is 0 Å². The summed E-state index contributed by atoms with van der Waals surface area (Å²) in [5, 5.41) is 2.99. The van der Waals surface area contributed by atoms with Crippen LogP contribution >= 0.6 is 0 Å². The van der Waals surface area contributed by atoms with E-state index in [9.17, 15) is 27.2 Å². The van der Waals surface area contributed by atoms with E-state index in [-0.39, 0.29) is 22.5 Å². The number of amides is 2. The van der Waals surface area contributed by atoms with Gasteiger partial charge in [-0.1, -0.05) is 30.3 Å². The van der Waals surface area contributed by atoms with Gasteiger partial charge in [-0.3, -0.25) is 9.59 Å². The monoisotopic (exact) mass is 454 g/mol. The van der Waals surface area contributed by atoms with E-state index < -0.39 is 29.4 Å². The molecule has 0 unspecified atom stereocenters. The minimum atomic E-state index is -4.64. The second kappa shape index (κ2) is 8.20. The quantitative estimate of drug-likeness (QED) is 0.397. The van der Waals surface area contributed by atoms with Gasteiger partial charge in [-0.2, -0.15) is 13.2 Å². The number of hydrogen-bond donors (Lipinski definition) is 1. The standard InChI is InChI=1S/C25H18F4N2O2/c1-14-5-3-8-20(15(14)2)30-22-21(16-9-11-18(26)12-10-16)23(32)31(24(22)33)19-7-4-6-17(13-19)25(27,28)29/h3-13,30H,1-2H3. The highest BCUT2D eigenvalue weighted by Gasteiger charge is 2.41. The Morgan fingerprint density at radius 2 is 1.52 bits per heavy atom. The molecular formula is C25H18F4N2O2. The van der Waals surface area contributed by atoms with Gasteiger partial charge < -0.3 is 5.32 Å². The highest BCUT2D eigenvalue weighted by molar-refractivity contribution is 6.46. The lowest BCUT2D eigenvalue weighted by molar-refractivity contribution is -0.137. The van der Waals surface area contributed by atoms with E-state index >= 15 is 0 Å². The Bertz CT molecular complexity index is 1290. The molecule has 1 N–H and O–H groups in total. The highest BCUT2D eigenvalue weighted by atomic mass is 19.4. The first-order chi connectivity index (χ1) is 15.6. The Morgan fingerprint density at radius 3 is 2.18 bits per heavy atom. The van der Waals surface area contributed by atoms with Crippen molar-refractivity contribution >= 4 is 28.8 Å². The molecule has 4 nitrogen and oxygen atoms in total. The number of nitrogens with zero attached hydrogens (tertiary/aromatic N) is 1. The molecule has 3 aromatic carbocycles. The predicted octanol–water partition coefficient (Wildman–Crippen LogP) is 5.86. The molecule has 0 aromatic heterocycles. The topological polar surface area (TPSA) is 49.4 Å². The third kappa shape index (κ3) is 4.11. The molecule has 1 aliphatic rings. The lowest BCUT2D eigenvalue weighted by Crippen LogP contribution is -2.32. The first kappa shape index (κ1) is 22.3. The van der Waals surface area contributed by atoms with E-state index in [0.29, 0.717) is 10.6 Å². The molecule has 0 saturated heterocycles. The van der Waals surface area contributed by atoms with Gasteiger partial charge in [-0.15, -0.1) is 0 Å². The summed E-state index contributed by atoms with van der Waals surface area (Å²) in [6.45, 7) is 3.72. The third-order valence-corrected chi connectivity index (χ3v) is 5.51. The maximum atomic E-state index is 13.5. The van der Waals surface area contributed by atoms with Crippen molar-refractivity contribution in [2.75, 3.05) is 10.2 Å². The van der Waals surface area contributed by atoms with Gasteiger partial charge >= 0.3 is 6.18 Å². The summed E-state index contributed by atoms with van der Waals surface area (Å²) in [7, 11) is 0. The SMILES string of the molecule is Cc1cccc(NC2=C(c3ccc(F)cc3)C(=O)N(c3cccc(C(F)(F)F)c3)C2=O)c1C. The van der Waals surface area contributed by atoms with Gasteiger partial charge in [-0.25, -0.2) is 9.29 Å². The summed E-state index contributed by atoms with van der Waals surface area (Å²) >= 11 is 0. The number of aryl methyl sites for hydroxylation is 1. The second-order valence-corrected chi connectivity index (χ2v) is 7.62. The number of hydrogen-bond acceptors (Lipinski definition) is 3. The number of carbonyl (C=O) groups excluding carboxylic acids is 2. The minimum absolute atomic E-state index is 0.0571. The smallest absolute Gasteiger partial charge is 0.350 e. The number of rotatable bonds is 4. The Hall–Kier alpha value is -3.94. The molecule has 0 aliphatic carbocycles. The average Bonchev–Trinajstić information content (AvgIpc) is 3.01. The zero-order valence-electron chi connectivity index (χ0n) is 17.6. The fraction of sp³-hybridized carbons (Fsp3) is 0.120. The van der Waals surface area contributed by atoms with Gasteiger partial charge in [0.05, 0.1) is 16.8 Å². The zero-order chi connectivity index (χ0) is 23.9. The molecule has 0 radical (unpaired) electrons. The van der Waals surface area contributed by atoms with Gasteiger partial charge in [0, 0.05) is 5.69 Å². The van der Waals surface area contributed by atoms with Crippen molar-refractivity contribution in [3.05, 3.63) is 100 Å². The Balaban J connectivity index is 1.84. The van der Waals surface area contributed by atoms with Gasteiger partial charge in [0.2, 0.25) is 0 Å². The van der Waals surface area contributed by atoms with Crippen LogP contribution in [-0.2, 0) is 15.8 Å². The van der Waals surface area contributed by atoms with E-state index in [1.807, 2.05) is 19.9 Å². The molecule has 1 heterocycles. The Kier molecular flexibility index (Phi) is 5.53. The van der Waals surface area contributed by atoms with Crippen molar-refractivity contribution < 1.29 is 27.2 Å². The summed E-state index contributed by atoms with van der Waals surface area (Å²) < 4.78 is 53.2. The van der Waals surface area contributed by atoms with Crippen LogP contribution in [0.15, 0.2) is 72.4 Å². The normalized spacial score (nSPS) is 14.3. The fourth-order valence-corrected chi connectivity index (χ4v) is 3.61. The molecule has 168 valence electrons. The van der Waals surface area contributed by atoms with Crippen LogP contribution in [-0.4, -0.2) is 11.8 Å². The van der Waals surface area contributed by atoms with Crippen molar-refractivity contribution in [3.8, 4) is 0 Å². The second-order valence-electron chi connectivity index (χ2n) is 7.62. The van der Waals surface area contributed by atoms with Crippen LogP contribution in [0.25, 0.3) is 5.57 Å². The number of benzene rings is 3. The Morgan fingerprint density at radius 1 is 0.848 bits per heavy atom. The molecule has 1 aliphatic heterocycles. The van der Waals surface area contributed by atoms with E-state index in [1.165, 1.54) is 18.2 Å². The maximum absolute atomic E-state index is 13.5. The number of halogens is 4. The van der Waals surface area contributed by atoms with Gasteiger partial charge in [0.25, 0.3) is 11.8 Å². The Labute approximate surface area is 187 Å². The van der Waals surface area contributed by atoms with Gasteiger partial charge in [0.15, 0.2) is 0 Å². The van der Waals surface area contributed by atoms with E-state index in [2.05, 4.69) is 5.32 Å².